The van der Waals surface area contributed by atoms with Gasteiger partial charge in [0.15, 0.2) is 5.65 Å². The van der Waals surface area contributed by atoms with Crippen LogP contribution < -0.4 is 15.4 Å². The van der Waals surface area contributed by atoms with Crippen molar-refractivity contribution >= 4 is 38.8 Å². The number of rotatable bonds is 7. The third kappa shape index (κ3) is 5.72. The molecular formula is C24H32FN7O2S. The number of hydrogen-bond donors (Lipinski definition) is 3. The Bertz CT molecular complexity index is 1280. The molecule has 0 aliphatic heterocycles. The first-order valence-electron chi connectivity index (χ1n) is 12.4. The Morgan fingerprint density at radius 3 is 2.40 bits per heavy atom. The van der Waals surface area contributed by atoms with E-state index in [1.807, 2.05) is 0 Å². The van der Waals surface area contributed by atoms with Gasteiger partial charge in [0.25, 0.3) is 0 Å². The summed E-state index contributed by atoms with van der Waals surface area (Å²) < 4.78 is 42.2. The van der Waals surface area contributed by atoms with Crippen LogP contribution in [0.3, 0.4) is 0 Å². The molecule has 1 aromatic carbocycles. The van der Waals surface area contributed by atoms with E-state index in [2.05, 4.69) is 24.9 Å². The molecule has 0 spiro atoms. The van der Waals surface area contributed by atoms with Crippen molar-refractivity contribution in [3.05, 3.63) is 36.3 Å². The summed E-state index contributed by atoms with van der Waals surface area (Å²) in [6, 6.07) is 6.98. The van der Waals surface area contributed by atoms with E-state index in [1.54, 1.807) is 24.4 Å². The number of nitrogens with zero attached hydrogens (tertiary/aromatic N) is 4. The van der Waals surface area contributed by atoms with E-state index >= 15 is 0 Å². The molecule has 0 saturated heterocycles. The van der Waals surface area contributed by atoms with Crippen LogP contribution in [0.25, 0.3) is 11.2 Å². The molecule has 0 unspecified atom stereocenters. The first-order chi connectivity index (χ1) is 16.9. The van der Waals surface area contributed by atoms with Crippen LogP contribution in [-0.4, -0.2) is 46.3 Å². The molecule has 2 saturated carbocycles. The Morgan fingerprint density at radius 1 is 0.971 bits per heavy atom. The fourth-order valence-electron chi connectivity index (χ4n) is 5.26. The summed E-state index contributed by atoms with van der Waals surface area (Å²) in [5, 5.41) is 6.62. The molecule has 2 heterocycles. The second-order valence-corrected chi connectivity index (χ2v) is 11.5. The van der Waals surface area contributed by atoms with E-state index < -0.39 is 10.0 Å². The second-order valence-electron chi connectivity index (χ2n) is 9.69. The number of fused-ring (bicyclic) bond motifs is 1. The minimum atomic E-state index is -3.20. The van der Waals surface area contributed by atoms with Crippen LogP contribution in [0.4, 0.5) is 22.0 Å². The van der Waals surface area contributed by atoms with Gasteiger partial charge in [0.05, 0.1) is 18.1 Å². The van der Waals surface area contributed by atoms with E-state index in [0.29, 0.717) is 23.1 Å². The van der Waals surface area contributed by atoms with Crippen LogP contribution in [0, 0.1) is 5.82 Å². The molecule has 3 N–H and O–H groups in total. The summed E-state index contributed by atoms with van der Waals surface area (Å²) in [6.07, 6.45) is 11.7. The first kappa shape index (κ1) is 23.9. The molecule has 0 radical (unpaired) electrons. The molecular weight excluding hydrogens is 469 g/mol. The molecule has 5 rings (SSSR count). The summed E-state index contributed by atoms with van der Waals surface area (Å²) in [7, 11) is -3.20. The van der Waals surface area contributed by atoms with E-state index in [4.69, 9.17) is 9.97 Å². The lowest BCUT2D eigenvalue weighted by molar-refractivity contribution is 0.361. The first-order valence-corrected chi connectivity index (χ1v) is 14.3. The number of nitrogens with one attached hydrogen (secondary N) is 3. The zero-order valence-corrected chi connectivity index (χ0v) is 20.7. The maximum Gasteiger partial charge on any atom is 0.224 e. The van der Waals surface area contributed by atoms with Crippen molar-refractivity contribution in [2.75, 3.05) is 16.9 Å². The Hall–Kier alpha value is -2.79. The van der Waals surface area contributed by atoms with Crippen molar-refractivity contribution in [1.82, 2.24) is 24.2 Å². The van der Waals surface area contributed by atoms with Gasteiger partial charge in [-0.15, -0.1) is 0 Å². The van der Waals surface area contributed by atoms with Crippen LogP contribution in [0.15, 0.2) is 30.5 Å². The molecule has 2 aromatic heterocycles. The van der Waals surface area contributed by atoms with Gasteiger partial charge >= 0.3 is 0 Å². The number of sulfonamides is 1. The molecule has 9 nitrogen and oxygen atoms in total. The lowest BCUT2D eigenvalue weighted by Gasteiger charge is -2.29. The largest absolute Gasteiger partial charge is 0.351 e. The monoisotopic (exact) mass is 501 g/mol. The highest BCUT2D eigenvalue weighted by Crippen LogP contribution is 2.35. The molecule has 3 aromatic rings. The number of imidazole rings is 1. The van der Waals surface area contributed by atoms with Crippen LogP contribution >= 0.6 is 0 Å². The molecule has 0 bridgehead atoms. The predicted octanol–water partition coefficient (Wildman–Crippen LogP) is 4.49. The maximum absolute atomic E-state index is 14.4. The van der Waals surface area contributed by atoms with Crippen LogP contribution in [0.1, 0.15) is 63.8 Å². The van der Waals surface area contributed by atoms with Gasteiger partial charge in [-0.1, -0.05) is 31.4 Å². The lowest BCUT2D eigenvalue weighted by atomic mass is 9.92. The van der Waals surface area contributed by atoms with Gasteiger partial charge in [0, 0.05) is 18.1 Å². The number of anilines is 3. The fraction of sp³-hybridized carbons (Fsp3) is 0.542. The number of para-hydroxylation sites is 1. The molecule has 11 heteroatoms. The van der Waals surface area contributed by atoms with E-state index in [-0.39, 0.29) is 23.9 Å². The molecule has 2 aliphatic rings. The number of benzene rings is 1. The minimum Gasteiger partial charge on any atom is -0.351 e. The van der Waals surface area contributed by atoms with Crippen LogP contribution in [-0.2, 0) is 10.0 Å². The Balaban J connectivity index is 1.39. The number of halogens is 1. The summed E-state index contributed by atoms with van der Waals surface area (Å²) in [6.45, 7) is 0. The Morgan fingerprint density at radius 2 is 1.69 bits per heavy atom. The van der Waals surface area contributed by atoms with Crippen molar-refractivity contribution < 1.29 is 12.8 Å². The van der Waals surface area contributed by atoms with Gasteiger partial charge in [-0.05, 0) is 50.7 Å². The van der Waals surface area contributed by atoms with Gasteiger partial charge in [-0.25, -0.2) is 27.5 Å². The third-order valence-corrected chi connectivity index (χ3v) is 7.70. The average Bonchev–Trinajstić information content (AvgIpc) is 3.18. The molecule has 188 valence electrons. The SMILES string of the molecule is CS(=O)(=O)NC1CCC(Nc2ncc3nc(Nc4ccccc4F)n(C4CCCCC4)c3n2)CC1. The predicted molar refractivity (Wildman–Crippen MR) is 135 cm³/mol. The fourth-order valence-corrected chi connectivity index (χ4v) is 6.10. The number of hydrogen-bond acceptors (Lipinski definition) is 7. The molecule has 2 aliphatic carbocycles. The van der Waals surface area contributed by atoms with Gasteiger partial charge in [-0.3, -0.25) is 4.57 Å². The summed E-state index contributed by atoms with van der Waals surface area (Å²) in [5.41, 5.74) is 1.78. The van der Waals surface area contributed by atoms with Crippen molar-refractivity contribution in [2.45, 2.75) is 75.9 Å². The third-order valence-electron chi connectivity index (χ3n) is 6.93. The summed E-state index contributed by atoms with van der Waals surface area (Å²) in [4.78, 5) is 14.1. The van der Waals surface area contributed by atoms with Gasteiger partial charge < -0.3 is 10.6 Å². The Labute approximate surface area is 205 Å². The topological polar surface area (TPSA) is 114 Å². The zero-order valence-electron chi connectivity index (χ0n) is 19.9. The molecule has 0 amide bonds. The smallest absolute Gasteiger partial charge is 0.224 e. The zero-order chi connectivity index (χ0) is 24.4. The standard InChI is InChI=1S/C24H32FN7O2S/c1-35(33,34)31-17-13-11-16(12-14-17)27-23-26-15-21-22(30-23)32(18-7-3-2-4-8-18)24(29-21)28-20-10-6-5-9-19(20)25/h5-6,9-10,15-18,31H,2-4,7-8,11-14H2,1H3,(H,28,29)(H,26,27,30). The summed E-state index contributed by atoms with van der Waals surface area (Å²) >= 11 is 0. The van der Waals surface area contributed by atoms with Gasteiger partial charge in [0.1, 0.15) is 11.3 Å². The van der Waals surface area contributed by atoms with Crippen molar-refractivity contribution in [1.29, 1.82) is 0 Å². The van der Waals surface area contributed by atoms with Crippen molar-refractivity contribution in [2.24, 2.45) is 0 Å². The maximum atomic E-state index is 14.4. The number of aromatic nitrogens is 4. The van der Waals surface area contributed by atoms with Gasteiger partial charge in [0.2, 0.25) is 21.9 Å². The minimum absolute atomic E-state index is 0.0220. The van der Waals surface area contributed by atoms with Crippen molar-refractivity contribution in [3.63, 3.8) is 0 Å². The highest BCUT2D eigenvalue weighted by Gasteiger charge is 2.26. The second kappa shape index (κ2) is 10.1. The van der Waals surface area contributed by atoms with Crippen LogP contribution in [0.5, 0.6) is 0 Å². The van der Waals surface area contributed by atoms with Crippen molar-refractivity contribution in [3.8, 4) is 0 Å². The van der Waals surface area contributed by atoms with E-state index in [0.717, 1.165) is 57.0 Å². The average molecular weight is 502 g/mol. The Kier molecular flexibility index (Phi) is 6.88. The van der Waals surface area contributed by atoms with Gasteiger partial charge in [-0.2, -0.15) is 4.98 Å². The van der Waals surface area contributed by atoms with Crippen LogP contribution in [0.2, 0.25) is 0 Å². The summed E-state index contributed by atoms with van der Waals surface area (Å²) in [5.74, 6) is 0.784. The molecule has 2 fully saturated rings. The highest BCUT2D eigenvalue weighted by atomic mass is 32.2. The molecule has 35 heavy (non-hydrogen) atoms. The highest BCUT2D eigenvalue weighted by molar-refractivity contribution is 7.88. The quantitative estimate of drug-likeness (QED) is 0.437. The normalized spacial score (nSPS) is 21.8. The van der Waals surface area contributed by atoms with E-state index in [1.165, 1.54) is 18.7 Å². The lowest BCUT2D eigenvalue weighted by Crippen LogP contribution is -2.39. The van der Waals surface area contributed by atoms with E-state index in [9.17, 15) is 12.8 Å². The molecule has 0 atom stereocenters.